The van der Waals surface area contributed by atoms with Crippen molar-refractivity contribution in [2.45, 2.75) is 32.2 Å². The first-order chi connectivity index (χ1) is 12.2. The van der Waals surface area contributed by atoms with E-state index in [9.17, 15) is 4.79 Å². The minimum atomic E-state index is 0.120. The van der Waals surface area contributed by atoms with Crippen LogP contribution < -0.4 is 10.6 Å². The van der Waals surface area contributed by atoms with Gasteiger partial charge in [-0.2, -0.15) is 16.7 Å². The maximum atomic E-state index is 12.0. The fraction of sp³-hybridized carbons (Fsp3) is 0.500. The maximum absolute atomic E-state index is 12.0. The predicted molar refractivity (Wildman–Crippen MR) is 99.6 cm³/mol. The minimum absolute atomic E-state index is 0.120. The highest BCUT2D eigenvalue weighted by Crippen LogP contribution is 2.18. The number of amides is 1. The predicted octanol–water partition coefficient (Wildman–Crippen LogP) is 2.05. The topological polar surface area (TPSA) is 80.0 Å². The molecule has 0 spiro atoms. The number of nitrogens with one attached hydrogen (secondary N) is 2. The van der Waals surface area contributed by atoms with Gasteiger partial charge in [0.1, 0.15) is 0 Å². The SMILES string of the molecule is CCc1noc(-c2ccc(CCNC(=O)CC3CSCCN3)cc2)n1. The molecule has 1 aromatic heterocycles. The summed E-state index contributed by atoms with van der Waals surface area (Å²) in [7, 11) is 0. The Kier molecular flexibility index (Phi) is 6.47. The smallest absolute Gasteiger partial charge is 0.257 e. The Bertz CT molecular complexity index is 681. The van der Waals surface area contributed by atoms with Gasteiger partial charge in [-0.05, 0) is 24.1 Å². The van der Waals surface area contributed by atoms with Crippen molar-refractivity contribution in [3.05, 3.63) is 35.7 Å². The van der Waals surface area contributed by atoms with Gasteiger partial charge in [0, 0.05) is 49.0 Å². The van der Waals surface area contributed by atoms with Crippen LogP contribution in [0.25, 0.3) is 11.5 Å². The highest BCUT2D eigenvalue weighted by Gasteiger charge is 2.16. The van der Waals surface area contributed by atoms with Gasteiger partial charge < -0.3 is 15.2 Å². The summed E-state index contributed by atoms with van der Waals surface area (Å²) in [5.41, 5.74) is 2.09. The Morgan fingerprint density at radius 3 is 2.92 bits per heavy atom. The molecular formula is C18H24N4O2S. The van der Waals surface area contributed by atoms with Gasteiger partial charge in [0.25, 0.3) is 5.89 Å². The van der Waals surface area contributed by atoms with Crippen LogP contribution in [-0.2, 0) is 17.6 Å². The monoisotopic (exact) mass is 360 g/mol. The lowest BCUT2D eigenvalue weighted by Gasteiger charge is -2.22. The fourth-order valence-corrected chi connectivity index (χ4v) is 3.67. The summed E-state index contributed by atoms with van der Waals surface area (Å²) in [5.74, 6) is 3.54. The molecule has 1 atom stereocenters. The van der Waals surface area contributed by atoms with E-state index in [1.807, 2.05) is 43.0 Å². The number of thioether (sulfide) groups is 1. The van der Waals surface area contributed by atoms with E-state index < -0.39 is 0 Å². The molecule has 1 aliphatic heterocycles. The summed E-state index contributed by atoms with van der Waals surface area (Å²) in [4.78, 5) is 16.3. The number of carbonyl (C=O) groups excluding carboxylic acids is 1. The first kappa shape index (κ1) is 17.9. The zero-order chi connectivity index (χ0) is 17.5. The first-order valence-electron chi connectivity index (χ1n) is 8.74. The zero-order valence-electron chi connectivity index (χ0n) is 14.5. The van der Waals surface area contributed by atoms with Gasteiger partial charge in [0.15, 0.2) is 5.82 Å². The van der Waals surface area contributed by atoms with Crippen molar-refractivity contribution in [2.24, 2.45) is 0 Å². The Morgan fingerprint density at radius 2 is 2.24 bits per heavy atom. The molecule has 0 bridgehead atoms. The van der Waals surface area contributed by atoms with E-state index in [1.54, 1.807) is 0 Å². The van der Waals surface area contributed by atoms with Crippen molar-refractivity contribution in [3.63, 3.8) is 0 Å². The second kappa shape index (κ2) is 9.01. The van der Waals surface area contributed by atoms with Crippen LogP contribution in [-0.4, -0.2) is 46.7 Å². The van der Waals surface area contributed by atoms with E-state index in [2.05, 4.69) is 20.8 Å². The Morgan fingerprint density at radius 1 is 1.40 bits per heavy atom. The average Bonchev–Trinajstić information content (AvgIpc) is 3.12. The van der Waals surface area contributed by atoms with Crippen LogP contribution in [0.5, 0.6) is 0 Å². The Hall–Kier alpha value is -1.86. The summed E-state index contributed by atoms with van der Waals surface area (Å²) in [5, 5.41) is 10.3. The number of hydrogen-bond donors (Lipinski definition) is 2. The lowest BCUT2D eigenvalue weighted by molar-refractivity contribution is -0.121. The van der Waals surface area contributed by atoms with Crippen LogP contribution in [0.1, 0.15) is 24.7 Å². The summed E-state index contributed by atoms with van der Waals surface area (Å²) in [6, 6.07) is 8.34. The van der Waals surface area contributed by atoms with E-state index in [1.165, 1.54) is 5.56 Å². The third kappa shape index (κ3) is 5.31. The lowest BCUT2D eigenvalue weighted by atomic mass is 10.1. The van der Waals surface area contributed by atoms with Crippen LogP contribution in [0.2, 0.25) is 0 Å². The maximum Gasteiger partial charge on any atom is 0.257 e. The first-order valence-corrected chi connectivity index (χ1v) is 9.90. The van der Waals surface area contributed by atoms with Gasteiger partial charge in [0.05, 0.1) is 0 Å². The normalized spacial score (nSPS) is 17.4. The van der Waals surface area contributed by atoms with Crippen LogP contribution in [0, 0.1) is 0 Å². The van der Waals surface area contributed by atoms with Crippen LogP contribution >= 0.6 is 11.8 Å². The molecule has 1 aliphatic rings. The highest BCUT2D eigenvalue weighted by molar-refractivity contribution is 7.99. The van der Waals surface area contributed by atoms with Crippen molar-refractivity contribution in [2.75, 3.05) is 24.6 Å². The standard InChI is InChI=1S/C18H24N4O2S/c1-2-16-21-18(24-22-16)14-5-3-13(4-6-14)7-8-20-17(23)11-15-12-25-10-9-19-15/h3-6,15,19H,2,7-12H2,1H3,(H,20,23). The lowest BCUT2D eigenvalue weighted by Crippen LogP contribution is -2.41. The molecule has 1 aromatic carbocycles. The highest BCUT2D eigenvalue weighted by atomic mass is 32.2. The molecule has 1 saturated heterocycles. The molecule has 2 heterocycles. The fourth-order valence-electron chi connectivity index (χ4n) is 2.72. The number of benzene rings is 1. The van der Waals surface area contributed by atoms with Crippen molar-refractivity contribution in [3.8, 4) is 11.5 Å². The molecule has 7 heteroatoms. The van der Waals surface area contributed by atoms with E-state index in [4.69, 9.17) is 4.52 Å². The van der Waals surface area contributed by atoms with E-state index in [0.29, 0.717) is 30.7 Å². The summed E-state index contributed by atoms with van der Waals surface area (Å²) >= 11 is 1.91. The van der Waals surface area contributed by atoms with Crippen LogP contribution in [0.4, 0.5) is 0 Å². The van der Waals surface area contributed by atoms with Crippen LogP contribution in [0.3, 0.4) is 0 Å². The number of carbonyl (C=O) groups is 1. The second-order valence-electron chi connectivity index (χ2n) is 6.10. The summed E-state index contributed by atoms with van der Waals surface area (Å²) in [6.45, 7) is 3.64. The third-order valence-corrected chi connectivity index (χ3v) is 5.28. The molecule has 3 rings (SSSR count). The molecule has 25 heavy (non-hydrogen) atoms. The Labute approximate surface area is 152 Å². The van der Waals surface area contributed by atoms with Gasteiger partial charge in [-0.25, -0.2) is 0 Å². The molecule has 1 fully saturated rings. The molecule has 2 N–H and O–H groups in total. The molecule has 0 radical (unpaired) electrons. The van der Waals surface area contributed by atoms with E-state index >= 15 is 0 Å². The molecule has 0 saturated carbocycles. The molecule has 134 valence electrons. The van der Waals surface area contributed by atoms with Crippen molar-refractivity contribution >= 4 is 17.7 Å². The van der Waals surface area contributed by atoms with Gasteiger partial charge in [-0.15, -0.1) is 0 Å². The summed E-state index contributed by atoms with van der Waals surface area (Å²) in [6.07, 6.45) is 2.13. The molecule has 6 nitrogen and oxygen atoms in total. The second-order valence-corrected chi connectivity index (χ2v) is 7.25. The largest absolute Gasteiger partial charge is 0.356 e. The van der Waals surface area contributed by atoms with Gasteiger partial charge >= 0.3 is 0 Å². The molecule has 1 unspecified atom stereocenters. The third-order valence-electron chi connectivity index (χ3n) is 4.15. The van der Waals surface area contributed by atoms with Gasteiger partial charge in [-0.3, -0.25) is 4.79 Å². The Balaban J connectivity index is 1.43. The van der Waals surface area contributed by atoms with Gasteiger partial charge in [0.2, 0.25) is 5.91 Å². The number of rotatable bonds is 7. The number of aryl methyl sites for hydroxylation is 1. The number of hydrogen-bond acceptors (Lipinski definition) is 6. The molecule has 0 aliphatic carbocycles. The van der Waals surface area contributed by atoms with Crippen molar-refractivity contribution < 1.29 is 9.32 Å². The number of aromatic nitrogens is 2. The quantitative estimate of drug-likeness (QED) is 0.787. The zero-order valence-corrected chi connectivity index (χ0v) is 15.3. The number of nitrogens with zero attached hydrogens (tertiary/aromatic N) is 2. The average molecular weight is 360 g/mol. The van der Waals surface area contributed by atoms with Gasteiger partial charge in [-0.1, -0.05) is 24.2 Å². The molecular weight excluding hydrogens is 336 g/mol. The molecule has 2 aromatic rings. The van der Waals surface area contributed by atoms with E-state index in [0.717, 1.165) is 36.5 Å². The van der Waals surface area contributed by atoms with E-state index in [-0.39, 0.29) is 5.91 Å². The molecule has 1 amide bonds. The van der Waals surface area contributed by atoms with Crippen molar-refractivity contribution in [1.82, 2.24) is 20.8 Å². The minimum Gasteiger partial charge on any atom is -0.356 e. The summed E-state index contributed by atoms with van der Waals surface area (Å²) < 4.78 is 5.24. The van der Waals surface area contributed by atoms with Crippen molar-refractivity contribution in [1.29, 1.82) is 0 Å². The van der Waals surface area contributed by atoms with Crippen LogP contribution in [0.15, 0.2) is 28.8 Å².